The molecule has 0 bridgehead atoms. The molecule has 0 aromatic carbocycles. The van der Waals surface area contributed by atoms with Crippen molar-refractivity contribution in [3.8, 4) is 0 Å². The highest BCUT2D eigenvalue weighted by atomic mass is 29.3. The molecule has 0 spiro atoms. The Morgan fingerprint density at radius 1 is 0.704 bits per heavy atom. The third-order valence-electron chi connectivity index (χ3n) is 11.1. The quantitative estimate of drug-likeness (QED) is 0.389. The second-order valence-electron chi connectivity index (χ2n) is 12.5. The molecule has 0 saturated heterocycles. The zero-order valence-electron chi connectivity index (χ0n) is 19.2. The largest absolute Gasteiger partial charge is 0.0711 e. The lowest BCUT2D eigenvalue weighted by molar-refractivity contribution is 0.156. The van der Waals surface area contributed by atoms with Crippen molar-refractivity contribution in [1.29, 1.82) is 0 Å². The average molecular weight is 405 g/mol. The van der Waals surface area contributed by atoms with Gasteiger partial charge in [0.1, 0.15) is 0 Å². The molecule has 0 amide bonds. The van der Waals surface area contributed by atoms with Crippen LogP contribution in [0.2, 0.25) is 37.3 Å². The van der Waals surface area contributed by atoms with Crippen molar-refractivity contribution in [2.24, 2.45) is 29.6 Å². The van der Waals surface area contributed by atoms with Gasteiger partial charge in [0.05, 0.1) is 0 Å². The first-order valence-electron chi connectivity index (χ1n) is 12.8. The minimum absolute atomic E-state index is 1.09. The molecule has 6 unspecified atom stereocenters. The Bertz CT molecular complexity index is 510. The van der Waals surface area contributed by atoms with Crippen LogP contribution in [0.15, 0.2) is 0 Å². The zero-order chi connectivity index (χ0) is 19.2. The molecular formula is C25H48Si2. The van der Waals surface area contributed by atoms with Crippen LogP contribution >= 0.6 is 0 Å². The fraction of sp³-hybridized carbons (Fsp3) is 1.00. The van der Waals surface area contributed by atoms with Crippen LogP contribution in [-0.4, -0.2) is 15.2 Å². The van der Waals surface area contributed by atoms with E-state index >= 15 is 0 Å². The van der Waals surface area contributed by atoms with E-state index in [-0.39, 0.29) is 0 Å². The monoisotopic (exact) mass is 404 g/mol. The summed E-state index contributed by atoms with van der Waals surface area (Å²) < 4.78 is 0. The fourth-order valence-corrected chi connectivity index (χ4v) is 22.7. The van der Waals surface area contributed by atoms with Crippen molar-refractivity contribution < 1.29 is 0 Å². The van der Waals surface area contributed by atoms with Gasteiger partial charge in [0, 0.05) is 15.2 Å². The molecule has 0 aromatic rings. The van der Waals surface area contributed by atoms with E-state index in [4.69, 9.17) is 0 Å². The van der Waals surface area contributed by atoms with Gasteiger partial charge in [-0.2, -0.15) is 0 Å². The molecule has 0 aromatic heterocycles. The summed E-state index contributed by atoms with van der Waals surface area (Å²) in [5.41, 5.74) is 2.36. The summed E-state index contributed by atoms with van der Waals surface area (Å²) in [7, 11) is -2.25. The highest BCUT2D eigenvalue weighted by Crippen LogP contribution is 2.61. The highest BCUT2D eigenvalue weighted by molar-refractivity contribution is 7.41. The summed E-state index contributed by atoms with van der Waals surface area (Å²) in [6.45, 7) is 13.9. The maximum absolute atomic E-state index is 2.90. The van der Waals surface area contributed by atoms with Crippen LogP contribution in [0, 0.1) is 29.6 Å². The third-order valence-corrected chi connectivity index (χ3v) is 31.8. The number of rotatable bonds is 6. The summed E-state index contributed by atoms with van der Waals surface area (Å²) in [5.74, 6) is 5.69. The van der Waals surface area contributed by atoms with Crippen molar-refractivity contribution >= 4 is 15.2 Å². The second-order valence-corrected chi connectivity index (χ2v) is 28.7. The lowest BCUT2D eigenvalue weighted by Crippen LogP contribution is -2.61. The van der Waals surface area contributed by atoms with Crippen LogP contribution in [0.5, 0.6) is 0 Å². The number of hydrogen-bond donors (Lipinski definition) is 0. The van der Waals surface area contributed by atoms with Gasteiger partial charge in [-0.3, -0.25) is 0 Å². The minimum atomic E-state index is -1.14. The standard InChI is InChI=1S/C25H48Si2/c1-6-7-9-19-12-14-23(16-19)26(2,3)27(4,5)25-15-13-22-17-20-10-8-11-21(20)18-24(22)25/h19-25H,6-18H2,1-5H3/t19?,20?,21-,22?,23?,24?,25?/m1/s1. The van der Waals surface area contributed by atoms with Gasteiger partial charge in [0.25, 0.3) is 0 Å². The molecule has 4 aliphatic carbocycles. The van der Waals surface area contributed by atoms with Gasteiger partial charge in [-0.05, 0) is 53.5 Å². The van der Waals surface area contributed by atoms with Gasteiger partial charge in [-0.1, -0.05) is 104 Å². The van der Waals surface area contributed by atoms with Crippen molar-refractivity contribution in [3.63, 3.8) is 0 Å². The maximum atomic E-state index is 2.90. The van der Waals surface area contributed by atoms with Crippen LogP contribution in [0.4, 0.5) is 0 Å². The van der Waals surface area contributed by atoms with Crippen molar-refractivity contribution in [1.82, 2.24) is 0 Å². The molecular weight excluding hydrogens is 356 g/mol. The van der Waals surface area contributed by atoms with Crippen molar-refractivity contribution in [2.45, 2.75) is 128 Å². The SMILES string of the molecule is CCCCC1CCC([Si](C)(C)[Si](C)(C)C2CCC3CC4CCC[C@@H]4CC32)C1. The second kappa shape index (κ2) is 7.93. The summed E-state index contributed by atoms with van der Waals surface area (Å²) >= 11 is 0. The van der Waals surface area contributed by atoms with E-state index in [1.165, 1.54) is 30.3 Å². The lowest BCUT2D eigenvalue weighted by Gasteiger charge is -2.50. The first-order valence-corrected chi connectivity index (χ1v) is 20.0. The molecule has 156 valence electrons. The average Bonchev–Trinajstić information content (AvgIpc) is 3.36. The van der Waals surface area contributed by atoms with E-state index in [0.29, 0.717) is 0 Å². The summed E-state index contributed by atoms with van der Waals surface area (Å²) in [6.07, 6.45) is 20.5. The van der Waals surface area contributed by atoms with Crippen molar-refractivity contribution in [3.05, 3.63) is 0 Å². The molecule has 0 aliphatic heterocycles. The smallest absolute Gasteiger partial charge is 0.0448 e. The van der Waals surface area contributed by atoms with Gasteiger partial charge < -0.3 is 0 Å². The predicted octanol–water partition coefficient (Wildman–Crippen LogP) is 8.45. The molecule has 4 aliphatic rings. The van der Waals surface area contributed by atoms with Gasteiger partial charge in [-0.25, -0.2) is 0 Å². The molecule has 0 heterocycles. The molecule has 7 atom stereocenters. The molecule has 0 nitrogen and oxygen atoms in total. The molecule has 4 rings (SSSR count). The molecule has 4 fully saturated rings. The molecule has 4 saturated carbocycles. The number of unbranched alkanes of at least 4 members (excludes halogenated alkanes) is 1. The van der Waals surface area contributed by atoms with Crippen LogP contribution in [-0.2, 0) is 0 Å². The van der Waals surface area contributed by atoms with Crippen LogP contribution < -0.4 is 0 Å². The Balaban J connectivity index is 1.45. The summed E-state index contributed by atoms with van der Waals surface area (Å²) in [6, 6.07) is 0. The minimum Gasteiger partial charge on any atom is -0.0711 e. The molecule has 0 N–H and O–H groups in total. The predicted molar refractivity (Wildman–Crippen MR) is 126 cm³/mol. The van der Waals surface area contributed by atoms with Crippen molar-refractivity contribution in [2.75, 3.05) is 0 Å². The topological polar surface area (TPSA) is 0 Å². The third kappa shape index (κ3) is 3.69. The van der Waals surface area contributed by atoms with Gasteiger partial charge in [0.15, 0.2) is 0 Å². The first kappa shape index (κ1) is 20.7. The van der Waals surface area contributed by atoms with E-state index < -0.39 is 15.2 Å². The summed E-state index contributed by atoms with van der Waals surface area (Å²) in [4.78, 5) is 0. The lowest BCUT2D eigenvalue weighted by atomic mass is 9.71. The Morgan fingerprint density at radius 2 is 1.44 bits per heavy atom. The molecule has 27 heavy (non-hydrogen) atoms. The van der Waals surface area contributed by atoms with Crippen LogP contribution in [0.25, 0.3) is 0 Å². The van der Waals surface area contributed by atoms with Crippen LogP contribution in [0.3, 0.4) is 0 Å². The fourth-order valence-electron chi connectivity index (χ4n) is 8.66. The van der Waals surface area contributed by atoms with Crippen LogP contribution in [0.1, 0.15) is 90.4 Å². The normalized spacial score (nSPS) is 42.3. The Kier molecular flexibility index (Phi) is 6.08. The number of fused-ring (bicyclic) bond motifs is 2. The zero-order valence-corrected chi connectivity index (χ0v) is 21.2. The first-order chi connectivity index (χ1) is 12.8. The van der Waals surface area contributed by atoms with Gasteiger partial charge in [-0.15, -0.1) is 0 Å². The maximum Gasteiger partial charge on any atom is 0.0448 e. The van der Waals surface area contributed by atoms with Gasteiger partial charge in [0.2, 0.25) is 0 Å². The number of hydrogen-bond acceptors (Lipinski definition) is 0. The molecule has 0 radical (unpaired) electrons. The summed E-state index contributed by atoms with van der Waals surface area (Å²) in [5, 5.41) is 0. The van der Waals surface area contributed by atoms with E-state index in [1.807, 2.05) is 0 Å². The Hall–Kier alpha value is 0.434. The Morgan fingerprint density at radius 3 is 2.19 bits per heavy atom. The van der Waals surface area contributed by atoms with E-state index in [1.54, 1.807) is 64.2 Å². The van der Waals surface area contributed by atoms with E-state index in [9.17, 15) is 0 Å². The van der Waals surface area contributed by atoms with E-state index in [0.717, 1.165) is 29.6 Å². The van der Waals surface area contributed by atoms with E-state index in [2.05, 4.69) is 33.1 Å². The Labute approximate surface area is 172 Å². The molecule has 2 heteroatoms. The van der Waals surface area contributed by atoms with Gasteiger partial charge >= 0.3 is 0 Å². The highest BCUT2D eigenvalue weighted by Gasteiger charge is 2.57.